The lowest BCUT2D eigenvalue weighted by atomic mass is 10.0. The Morgan fingerprint density at radius 3 is 1.48 bits per heavy atom. The molecule has 4 unspecified atom stereocenters. The highest BCUT2D eigenvalue weighted by Crippen LogP contribution is 2.08. The van der Waals surface area contributed by atoms with Crippen molar-refractivity contribution in [2.45, 2.75) is 36.2 Å². The number of aryl methyl sites for hydroxylation is 1. The van der Waals surface area contributed by atoms with Gasteiger partial charge in [0.1, 0.15) is 24.4 Å². The summed E-state index contributed by atoms with van der Waals surface area (Å²) in [6, 6.07) is 5.99. The zero-order valence-electron chi connectivity index (χ0n) is 12.4. The third-order valence-corrected chi connectivity index (χ3v) is 3.70. The van der Waals surface area contributed by atoms with Gasteiger partial charge in [-0.3, -0.25) is 4.55 Å². The van der Waals surface area contributed by atoms with E-state index in [2.05, 4.69) is 0 Å². The van der Waals surface area contributed by atoms with Gasteiger partial charge in [-0.2, -0.15) is 8.42 Å². The van der Waals surface area contributed by atoms with E-state index in [9.17, 15) is 8.42 Å². The smallest absolute Gasteiger partial charge is 0.294 e. The van der Waals surface area contributed by atoms with E-state index in [0.29, 0.717) is 0 Å². The van der Waals surface area contributed by atoms with Crippen LogP contribution in [-0.2, 0) is 10.1 Å². The Bertz CT molecular complexity index is 529. The second-order valence-electron chi connectivity index (χ2n) is 4.77. The van der Waals surface area contributed by atoms with Gasteiger partial charge in [0.15, 0.2) is 0 Å². The fourth-order valence-electron chi connectivity index (χ4n) is 1.38. The van der Waals surface area contributed by atoms with E-state index in [1.165, 1.54) is 12.1 Å². The van der Waals surface area contributed by atoms with E-state index in [0.717, 1.165) is 5.56 Å². The zero-order valence-corrected chi connectivity index (χ0v) is 13.2. The van der Waals surface area contributed by atoms with Crippen molar-refractivity contribution in [2.24, 2.45) is 0 Å². The van der Waals surface area contributed by atoms with E-state index in [4.69, 9.17) is 35.2 Å². The van der Waals surface area contributed by atoms with Crippen LogP contribution in [0.1, 0.15) is 5.56 Å². The topological polar surface area (TPSA) is 176 Å². The predicted molar refractivity (Wildman–Crippen MR) is 79.2 cm³/mol. The molecule has 23 heavy (non-hydrogen) atoms. The summed E-state index contributed by atoms with van der Waals surface area (Å²) in [5.74, 6) is 0. The van der Waals surface area contributed by atoms with E-state index in [-0.39, 0.29) is 4.90 Å². The molecule has 0 aromatic heterocycles. The highest BCUT2D eigenvalue weighted by molar-refractivity contribution is 7.85. The van der Waals surface area contributed by atoms with Crippen molar-refractivity contribution in [1.29, 1.82) is 0 Å². The maximum absolute atomic E-state index is 10.5. The van der Waals surface area contributed by atoms with Gasteiger partial charge in [-0.15, -0.1) is 0 Å². The molecule has 0 radical (unpaired) electrons. The standard InChI is InChI=1S/C7H8O3S.C6H14O6/c1-6-2-4-7(5-3-6)11(8,9)10;7-1-3(9)5(11)6(12)4(10)2-8/h2-5H,1H3,(H,8,9,10);3-12H,1-2H2. The van der Waals surface area contributed by atoms with Crippen LogP contribution in [0.25, 0.3) is 0 Å². The maximum atomic E-state index is 10.5. The SMILES string of the molecule is Cc1ccc(S(=O)(=O)O)cc1.OCC(O)C(O)C(O)C(O)CO. The summed E-state index contributed by atoms with van der Waals surface area (Å²) < 4.78 is 29.6. The van der Waals surface area contributed by atoms with Gasteiger partial charge in [-0.05, 0) is 19.1 Å². The largest absolute Gasteiger partial charge is 0.394 e. The number of rotatable bonds is 6. The fourth-order valence-corrected chi connectivity index (χ4v) is 1.86. The van der Waals surface area contributed by atoms with E-state index < -0.39 is 47.7 Å². The molecule has 134 valence electrons. The van der Waals surface area contributed by atoms with Crippen molar-refractivity contribution < 1.29 is 43.6 Å². The zero-order chi connectivity index (χ0) is 18.2. The van der Waals surface area contributed by atoms with Crippen LogP contribution in [0.2, 0.25) is 0 Å². The minimum atomic E-state index is -4.02. The summed E-state index contributed by atoms with van der Waals surface area (Å²) in [4.78, 5) is -0.0666. The lowest BCUT2D eigenvalue weighted by molar-refractivity contribution is -0.123. The number of aliphatic hydroxyl groups is 6. The minimum Gasteiger partial charge on any atom is -0.394 e. The number of hydrogen-bond acceptors (Lipinski definition) is 8. The monoisotopic (exact) mass is 354 g/mol. The first-order valence-electron chi connectivity index (χ1n) is 6.52. The van der Waals surface area contributed by atoms with Crippen molar-refractivity contribution in [3.63, 3.8) is 0 Å². The van der Waals surface area contributed by atoms with Crippen LogP contribution in [0.5, 0.6) is 0 Å². The Hall–Kier alpha value is -1.11. The van der Waals surface area contributed by atoms with Gasteiger partial charge in [-0.1, -0.05) is 17.7 Å². The molecule has 10 heteroatoms. The second kappa shape index (κ2) is 9.90. The molecule has 1 aromatic rings. The molecule has 0 aliphatic rings. The fraction of sp³-hybridized carbons (Fsp3) is 0.538. The highest BCUT2D eigenvalue weighted by Gasteiger charge is 2.29. The molecular weight excluding hydrogens is 332 g/mol. The summed E-state index contributed by atoms with van der Waals surface area (Å²) in [6.45, 7) is 0.389. The molecular formula is C13H22O9S. The molecule has 0 aliphatic carbocycles. The average molecular weight is 354 g/mol. The van der Waals surface area contributed by atoms with Crippen LogP contribution in [-0.4, -0.2) is 81.2 Å². The first-order valence-corrected chi connectivity index (χ1v) is 7.96. The van der Waals surface area contributed by atoms with Crippen molar-refractivity contribution in [2.75, 3.05) is 13.2 Å². The first-order chi connectivity index (χ1) is 10.5. The predicted octanol–water partition coefficient (Wildman–Crippen LogP) is -2.34. The van der Waals surface area contributed by atoms with Crippen LogP contribution < -0.4 is 0 Å². The summed E-state index contributed by atoms with van der Waals surface area (Å²) in [7, 11) is -4.02. The summed E-state index contributed by atoms with van der Waals surface area (Å²) in [5.41, 5.74) is 0.956. The molecule has 0 saturated heterocycles. The molecule has 1 aromatic carbocycles. The normalized spacial score (nSPS) is 16.7. The van der Waals surface area contributed by atoms with Crippen molar-refractivity contribution in [3.05, 3.63) is 29.8 Å². The number of aliphatic hydroxyl groups excluding tert-OH is 6. The Morgan fingerprint density at radius 1 is 0.870 bits per heavy atom. The van der Waals surface area contributed by atoms with Crippen LogP contribution >= 0.6 is 0 Å². The lowest BCUT2D eigenvalue weighted by Gasteiger charge is -2.24. The van der Waals surface area contributed by atoms with Crippen molar-refractivity contribution >= 4 is 10.1 Å². The molecule has 0 bridgehead atoms. The van der Waals surface area contributed by atoms with E-state index in [1.54, 1.807) is 12.1 Å². The maximum Gasteiger partial charge on any atom is 0.294 e. The van der Waals surface area contributed by atoms with Crippen LogP contribution in [0.4, 0.5) is 0 Å². The molecule has 0 spiro atoms. The molecule has 9 nitrogen and oxygen atoms in total. The van der Waals surface area contributed by atoms with Crippen LogP contribution in [0.3, 0.4) is 0 Å². The second-order valence-corrected chi connectivity index (χ2v) is 6.19. The van der Waals surface area contributed by atoms with E-state index >= 15 is 0 Å². The molecule has 0 fully saturated rings. The van der Waals surface area contributed by atoms with Gasteiger partial charge in [-0.25, -0.2) is 0 Å². The van der Waals surface area contributed by atoms with Crippen LogP contribution in [0, 0.1) is 6.92 Å². The average Bonchev–Trinajstić information content (AvgIpc) is 2.52. The third kappa shape index (κ3) is 7.81. The molecule has 1 rings (SSSR count). The molecule has 0 saturated carbocycles. The van der Waals surface area contributed by atoms with Crippen molar-refractivity contribution in [3.8, 4) is 0 Å². The Labute approximate surface area is 133 Å². The Balaban J connectivity index is 0.000000422. The lowest BCUT2D eigenvalue weighted by Crippen LogP contribution is -2.46. The van der Waals surface area contributed by atoms with Gasteiger partial charge in [0, 0.05) is 0 Å². The molecule has 0 heterocycles. The molecule has 0 amide bonds. The van der Waals surface area contributed by atoms with Gasteiger partial charge in [0.25, 0.3) is 10.1 Å². The minimum absolute atomic E-state index is 0.0666. The van der Waals surface area contributed by atoms with Gasteiger partial charge in [0.05, 0.1) is 18.1 Å². The van der Waals surface area contributed by atoms with Gasteiger partial charge >= 0.3 is 0 Å². The van der Waals surface area contributed by atoms with E-state index in [1.807, 2.05) is 6.92 Å². The van der Waals surface area contributed by atoms with Crippen LogP contribution in [0.15, 0.2) is 29.2 Å². The Kier molecular flexibility index (Phi) is 9.42. The summed E-state index contributed by atoms with van der Waals surface area (Å²) >= 11 is 0. The summed E-state index contributed by atoms with van der Waals surface area (Å²) in [5, 5.41) is 52.2. The third-order valence-electron chi connectivity index (χ3n) is 2.83. The molecule has 0 aliphatic heterocycles. The van der Waals surface area contributed by atoms with Gasteiger partial charge in [0.2, 0.25) is 0 Å². The van der Waals surface area contributed by atoms with Crippen molar-refractivity contribution in [1.82, 2.24) is 0 Å². The molecule has 7 N–H and O–H groups in total. The van der Waals surface area contributed by atoms with Gasteiger partial charge < -0.3 is 30.6 Å². The quantitative estimate of drug-likeness (QED) is 0.276. The Morgan fingerprint density at radius 2 is 1.22 bits per heavy atom. The number of hydrogen-bond donors (Lipinski definition) is 7. The summed E-state index contributed by atoms with van der Waals surface area (Å²) in [6.07, 6.45) is -6.39. The molecule has 4 atom stereocenters. The number of benzene rings is 1. The highest BCUT2D eigenvalue weighted by atomic mass is 32.2. The first kappa shape index (κ1) is 21.9.